The SMILES string of the molecule is CNC(c1ccccc1OC(C)C)C(C)S(C)(=O)=O. The van der Waals surface area contributed by atoms with E-state index in [9.17, 15) is 8.42 Å². The van der Waals surface area contributed by atoms with Crippen LogP contribution in [0.1, 0.15) is 32.4 Å². The van der Waals surface area contributed by atoms with Gasteiger partial charge in [-0.25, -0.2) is 8.42 Å². The van der Waals surface area contributed by atoms with Crippen LogP contribution in [0.3, 0.4) is 0 Å². The van der Waals surface area contributed by atoms with Crippen LogP contribution in [0.2, 0.25) is 0 Å². The number of benzene rings is 1. The molecule has 0 spiro atoms. The van der Waals surface area contributed by atoms with Gasteiger partial charge in [-0.05, 0) is 33.9 Å². The summed E-state index contributed by atoms with van der Waals surface area (Å²) in [4.78, 5) is 0. The summed E-state index contributed by atoms with van der Waals surface area (Å²) in [5.41, 5.74) is 0.872. The van der Waals surface area contributed by atoms with E-state index in [-0.39, 0.29) is 12.1 Å². The molecule has 0 bridgehead atoms. The highest BCUT2D eigenvalue weighted by atomic mass is 32.2. The predicted molar refractivity (Wildman–Crippen MR) is 78.3 cm³/mol. The van der Waals surface area contributed by atoms with Crippen molar-refractivity contribution in [3.8, 4) is 5.75 Å². The number of rotatable bonds is 6. The van der Waals surface area contributed by atoms with Crippen LogP contribution in [-0.4, -0.2) is 33.1 Å². The Morgan fingerprint density at radius 3 is 2.21 bits per heavy atom. The molecule has 0 heterocycles. The van der Waals surface area contributed by atoms with E-state index >= 15 is 0 Å². The molecule has 0 aromatic heterocycles. The fourth-order valence-electron chi connectivity index (χ4n) is 1.99. The van der Waals surface area contributed by atoms with Gasteiger partial charge in [0.15, 0.2) is 9.84 Å². The summed E-state index contributed by atoms with van der Waals surface area (Å²) in [7, 11) is -1.36. The number of para-hydroxylation sites is 1. The largest absolute Gasteiger partial charge is 0.491 e. The molecule has 0 fully saturated rings. The topological polar surface area (TPSA) is 55.4 Å². The van der Waals surface area contributed by atoms with E-state index in [2.05, 4.69) is 5.32 Å². The van der Waals surface area contributed by atoms with Gasteiger partial charge >= 0.3 is 0 Å². The Morgan fingerprint density at radius 2 is 1.74 bits per heavy atom. The standard InChI is InChI=1S/C14H23NO3S/c1-10(2)18-13-9-7-6-8-12(13)14(15-4)11(3)19(5,16)17/h6-11,14-15H,1-5H3. The molecule has 0 aliphatic rings. The van der Waals surface area contributed by atoms with Crippen LogP contribution in [0.5, 0.6) is 5.75 Å². The van der Waals surface area contributed by atoms with Crippen molar-refractivity contribution in [1.82, 2.24) is 5.32 Å². The molecule has 0 aliphatic heterocycles. The molecule has 0 radical (unpaired) electrons. The minimum atomic E-state index is -3.13. The lowest BCUT2D eigenvalue weighted by Gasteiger charge is -2.25. The van der Waals surface area contributed by atoms with Gasteiger partial charge in [-0.15, -0.1) is 0 Å². The summed E-state index contributed by atoms with van der Waals surface area (Å²) in [6.45, 7) is 5.61. The average Bonchev–Trinajstić information content (AvgIpc) is 2.30. The molecule has 108 valence electrons. The van der Waals surface area contributed by atoms with Crippen LogP contribution >= 0.6 is 0 Å². The van der Waals surface area contributed by atoms with E-state index in [0.29, 0.717) is 0 Å². The highest BCUT2D eigenvalue weighted by Gasteiger charge is 2.28. The van der Waals surface area contributed by atoms with E-state index in [1.807, 2.05) is 38.1 Å². The Balaban J connectivity index is 3.18. The molecule has 0 saturated heterocycles. The van der Waals surface area contributed by atoms with Gasteiger partial charge in [0, 0.05) is 11.8 Å². The quantitative estimate of drug-likeness (QED) is 0.870. The maximum Gasteiger partial charge on any atom is 0.151 e. The van der Waals surface area contributed by atoms with E-state index in [4.69, 9.17) is 4.74 Å². The van der Waals surface area contributed by atoms with Crippen LogP contribution < -0.4 is 10.1 Å². The smallest absolute Gasteiger partial charge is 0.151 e. The monoisotopic (exact) mass is 285 g/mol. The number of nitrogens with one attached hydrogen (secondary N) is 1. The van der Waals surface area contributed by atoms with Crippen molar-refractivity contribution in [3.05, 3.63) is 29.8 Å². The first-order valence-corrected chi connectivity index (χ1v) is 8.34. The second kappa shape index (κ2) is 6.39. The van der Waals surface area contributed by atoms with Crippen LogP contribution in [0.25, 0.3) is 0 Å². The van der Waals surface area contributed by atoms with Gasteiger partial charge in [-0.1, -0.05) is 18.2 Å². The lowest BCUT2D eigenvalue weighted by atomic mass is 10.0. The van der Waals surface area contributed by atoms with Crippen LogP contribution in [-0.2, 0) is 9.84 Å². The summed E-state index contributed by atoms with van der Waals surface area (Å²) in [6, 6.07) is 7.26. The Labute approximate surface area is 116 Å². The zero-order valence-electron chi connectivity index (χ0n) is 12.2. The third kappa shape index (κ3) is 4.21. The fourth-order valence-corrected chi connectivity index (χ4v) is 2.77. The first-order valence-electron chi connectivity index (χ1n) is 6.39. The Bertz CT molecular complexity index is 511. The van der Waals surface area contributed by atoms with Crippen molar-refractivity contribution in [2.45, 2.75) is 38.2 Å². The minimum Gasteiger partial charge on any atom is -0.491 e. The van der Waals surface area contributed by atoms with E-state index in [0.717, 1.165) is 11.3 Å². The summed E-state index contributed by atoms with van der Waals surface area (Å²) in [5, 5.41) is 2.56. The maximum atomic E-state index is 11.8. The molecule has 2 atom stereocenters. The third-order valence-corrected chi connectivity index (χ3v) is 4.70. The van der Waals surface area contributed by atoms with Crippen molar-refractivity contribution >= 4 is 9.84 Å². The van der Waals surface area contributed by atoms with Gasteiger partial charge in [0.25, 0.3) is 0 Å². The van der Waals surface area contributed by atoms with Crippen molar-refractivity contribution in [1.29, 1.82) is 0 Å². The zero-order valence-corrected chi connectivity index (χ0v) is 13.0. The maximum absolute atomic E-state index is 11.8. The molecule has 1 rings (SSSR count). The van der Waals surface area contributed by atoms with Gasteiger partial charge in [0.05, 0.1) is 17.4 Å². The number of ether oxygens (including phenoxy) is 1. The Morgan fingerprint density at radius 1 is 1.16 bits per heavy atom. The van der Waals surface area contributed by atoms with E-state index in [1.165, 1.54) is 6.26 Å². The van der Waals surface area contributed by atoms with Gasteiger partial charge in [-0.3, -0.25) is 0 Å². The van der Waals surface area contributed by atoms with Gasteiger partial charge < -0.3 is 10.1 Å². The summed E-state index contributed by atoms with van der Waals surface area (Å²) >= 11 is 0. The molecular formula is C14H23NO3S. The number of sulfone groups is 1. The van der Waals surface area contributed by atoms with E-state index < -0.39 is 15.1 Å². The lowest BCUT2D eigenvalue weighted by Crippen LogP contribution is -2.33. The summed E-state index contributed by atoms with van der Waals surface area (Å²) < 4.78 is 29.3. The minimum absolute atomic E-state index is 0.0483. The molecule has 0 amide bonds. The van der Waals surface area contributed by atoms with Gasteiger partial charge in [0.2, 0.25) is 0 Å². The molecule has 19 heavy (non-hydrogen) atoms. The highest BCUT2D eigenvalue weighted by molar-refractivity contribution is 7.91. The Kier molecular flexibility index (Phi) is 5.38. The van der Waals surface area contributed by atoms with Gasteiger partial charge in [0.1, 0.15) is 5.75 Å². The molecule has 0 saturated carbocycles. The molecule has 4 nitrogen and oxygen atoms in total. The van der Waals surface area contributed by atoms with Crippen molar-refractivity contribution in [2.75, 3.05) is 13.3 Å². The first-order chi connectivity index (χ1) is 8.77. The van der Waals surface area contributed by atoms with Crippen LogP contribution in [0, 0.1) is 0 Å². The summed E-state index contributed by atoms with van der Waals surface area (Å²) in [5.74, 6) is 0.729. The summed E-state index contributed by atoms with van der Waals surface area (Å²) in [6.07, 6.45) is 1.31. The first kappa shape index (κ1) is 16.0. The molecular weight excluding hydrogens is 262 g/mol. The second-order valence-corrected chi connectivity index (χ2v) is 7.41. The third-order valence-electron chi connectivity index (χ3n) is 3.07. The molecule has 1 aromatic rings. The normalized spacial score (nSPS) is 15.3. The second-order valence-electron chi connectivity index (χ2n) is 5.01. The number of hydrogen-bond acceptors (Lipinski definition) is 4. The number of hydrogen-bond donors (Lipinski definition) is 1. The van der Waals surface area contributed by atoms with Gasteiger partial charge in [-0.2, -0.15) is 0 Å². The zero-order chi connectivity index (χ0) is 14.6. The Hall–Kier alpha value is -1.07. The molecule has 0 aliphatic carbocycles. The average molecular weight is 285 g/mol. The highest BCUT2D eigenvalue weighted by Crippen LogP contribution is 2.30. The lowest BCUT2D eigenvalue weighted by molar-refractivity contribution is 0.237. The van der Waals surface area contributed by atoms with E-state index in [1.54, 1.807) is 14.0 Å². The fraction of sp³-hybridized carbons (Fsp3) is 0.571. The molecule has 1 aromatic carbocycles. The van der Waals surface area contributed by atoms with Crippen molar-refractivity contribution in [3.63, 3.8) is 0 Å². The van der Waals surface area contributed by atoms with Crippen LogP contribution in [0.4, 0.5) is 0 Å². The molecule has 1 N–H and O–H groups in total. The van der Waals surface area contributed by atoms with Crippen molar-refractivity contribution < 1.29 is 13.2 Å². The molecule has 5 heteroatoms. The predicted octanol–water partition coefficient (Wildman–Crippen LogP) is 2.17. The molecule has 2 unspecified atom stereocenters. The van der Waals surface area contributed by atoms with Crippen molar-refractivity contribution in [2.24, 2.45) is 0 Å². The van der Waals surface area contributed by atoms with Crippen LogP contribution in [0.15, 0.2) is 24.3 Å².